The number of hydrogen-bond donors (Lipinski definition) is 2. The molecule has 1 aliphatic carbocycles. The van der Waals surface area contributed by atoms with E-state index in [9.17, 15) is 0 Å². The summed E-state index contributed by atoms with van der Waals surface area (Å²) >= 11 is 6.05. The van der Waals surface area contributed by atoms with E-state index in [-0.39, 0.29) is 0 Å². The maximum Gasteiger partial charge on any atom is 0.315 e. The van der Waals surface area contributed by atoms with E-state index >= 15 is 0 Å². The summed E-state index contributed by atoms with van der Waals surface area (Å²) in [5.41, 5.74) is 7.24. The molecule has 2 N–H and O–H groups in total. The van der Waals surface area contributed by atoms with E-state index in [4.69, 9.17) is 30.4 Å². The molecule has 0 spiro atoms. The van der Waals surface area contributed by atoms with Crippen molar-refractivity contribution in [2.24, 2.45) is 0 Å². The second kappa shape index (κ2) is 22.8. The molecule has 2 atom stereocenters. The average Bonchev–Trinajstić information content (AvgIpc) is 4.03. The summed E-state index contributed by atoms with van der Waals surface area (Å²) in [5, 5.41) is 23.2. The molecule has 1 aromatic carbocycles. The number of anilines is 4. The third-order valence-electron chi connectivity index (χ3n) is 14.1. The highest BCUT2D eigenvalue weighted by atomic mass is 35.5. The van der Waals surface area contributed by atoms with E-state index in [0.29, 0.717) is 47.6 Å². The van der Waals surface area contributed by atoms with Crippen molar-refractivity contribution in [1.29, 1.82) is 0 Å². The summed E-state index contributed by atoms with van der Waals surface area (Å²) in [6.07, 6.45) is 11.8. The smallest absolute Gasteiger partial charge is 0.315 e. The SMILES string of the molecule is CCNc1nnc(-c2ccc(N3CCN(C4CCCCC4)[C@@H](CC)C3)c(C)n2)o1.CCNc1nnc(-c2ccc(N3CCN(C4CCN(Cc5ccc(Cl)cc5)CC4)[C@@H](CC)C3)c(C)n2)o1. The number of halogens is 1. The minimum atomic E-state index is 0.429. The number of piperidine rings is 1. The summed E-state index contributed by atoms with van der Waals surface area (Å²) in [6.45, 7) is 24.1. The van der Waals surface area contributed by atoms with Crippen LogP contribution in [0.2, 0.25) is 5.02 Å². The second-order valence-electron chi connectivity index (χ2n) is 18.4. The number of rotatable bonds is 14. The van der Waals surface area contributed by atoms with Crippen LogP contribution in [0, 0.1) is 13.8 Å². The summed E-state index contributed by atoms with van der Waals surface area (Å²) in [4.78, 5) is 22.8. The lowest BCUT2D eigenvalue weighted by atomic mass is 9.92. The Kier molecular flexibility index (Phi) is 16.4. The standard InChI is InChI=1S/C28H38ClN7O.C22H34N6O/c1-4-23-19-35(26-11-10-25(31-20(26)3)27-32-33-28(37-27)30-5-2)16-17-36(23)24-12-14-34(15-13-24)18-21-6-8-22(29)9-7-21;1-4-17-15-27(13-14-28(17)18-9-7-6-8-10-18)20-12-11-19(24-16(20)3)21-25-26-22(29-21)23-5-2/h6-11,23-24H,4-5,12-19H2,1-3H3,(H,30,33);11-12,17-18H,4-10,13-15H2,1-3H3,(H,23,26)/t23-;17-/m00/s1. The minimum absolute atomic E-state index is 0.429. The Hall–Kier alpha value is -4.83. The first kappa shape index (κ1) is 47.7. The van der Waals surface area contributed by atoms with Gasteiger partial charge in [-0.05, 0) is 121 Å². The number of aryl methyl sites for hydroxylation is 2. The predicted octanol–water partition coefficient (Wildman–Crippen LogP) is 9.20. The normalized spacial score (nSPS) is 20.6. The lowest BCUT2D eigenvalue weighted by Crippen LogP contribution is -2.58. The van der Waals surface area contributed by atoms with Crippen LogP contribution in [-0.4, -0.2) is 135 Å². The molecular weight excluding hydrogens is 850 g/mol. The highest BCUT2D eigenvalue weighted by Gasteiger charge is 2.35. The van der Waals surface area contributed by atoms with Gasteiger partial charge in [-0.15, -0.1) is 10.2 Å². The second-order valence-corrected chi connectivity index (χ2v) is 18.8. The van der Waals surface area contributed by atoms with Crippen molar-refractivity contribution in [2.75, 3.05) is 85.9 Å². The van der Waals surface area contributed by atoms with E-state index in [1.165, 1.54) is 68.3 Å². The average molecular weight is 923 g/mol. The van der Waals surface area contributed by atoms with Crippen molar-refractivity contribution in [3.63, 3.8) is 0 Å². The van der Waals surface area contributed by atoms with Crippen molar-refractivity contribution in [2.45, 2.75) is 130 Å². The predicted molar refractivity (Wildman–Crippen MR) is 265 cm³/mol. The van der Waals surface area contributed by atoms with Crippen molar-refractivity contribution >= 4 is 35.0 Å². The van der Waals surface area contributed by atoms with Crippen LogP contribution in [0.4, 0.5) is 23.4 Å². The first-order valence-corrected chi connectivity index (χ1v) is 25.2. The summed E-state index contributed by atoms with van der Waals surface area (Å²) < 4.78 is 11.3. The van der Waals surface area contributed by atoms with E-state index in [1.807, 2.05) is 38.1 Å². The molecule has 4 fully saturated rings. The zero-order valence-electron chi connectivity index (χ0n) is 40.2. The molecule has 3 aliphatic heterocycles. The van der Waals surface area contributed by atoms with Gasteiger partial charge < -0.3 is 29.3 Å². The molecule has 0 amide bonds. The Bertz CT molecular complexity index is 2270. The van der Waals surface area contributed by atoms with Crippen LogP contribution < -0.4 is 20.4 Å². The molecule has 7 heterocycles. The zero-order valence-corrected chi connectivity index (χ0v) is 40.9. The first-order chi connectivity index (χ1) is 32.2. The van der Waals surface area contributed by atoms with Gasteiger partial charge in [0.15, 0.2) is 0 Å². The monoisotopic (exact) mass is 922 g/mol. The van der Waals surface area contributed by atoms with Crippen molar-refractivity contribution in [3.8, 4) is 23.2 Å². The first-order valence-electron chi connectivity index (χ1n) is 24.8. The van der Waals surface area contributed by atoms with E-state index < -0.39 is 0 Å². The van der Waals surface area contributed by atoms with Gasteiger partial charge in [0.2, 0.25) is 0 Å². The quantitative estimate of drug-likeness (QED) is 0.109. The number of benzene rings is 1. The summed E-state index contributed by atoms with van der Waals surface area (Å²) in [5.74, 6) is 0.911. The van der Waals surface area contributed by atoms with Gasteiger partial charge >= 0.3 is 12.0 Å². The molecule has 1 saturated carbocycles. The van der Waals surface area contributed by atoms with E-state index in [2.05, 4.69) is 107 Å². The zero-order chi connectivity index (χ0) is 46.0. The van der Waals surface area contributed by atoms with Crippen LogP contribution in [0.1, 0.15) is 102 Å². The number of likely N-dealkylation sites (tertiary alicyclic amines) is 1. The molecule has 0 radical (unpaired) electrons. The molecule has 16 heteroatoms. The Labute approximate surface area is 397 Å². The number of hydrogen-bond acceptors (Lipinski definition) is 15. The fraction of sp³-hybridized carbons (Fsp3) is 0.600. The lowest BCUT2D eigenvalue weighted by Gasteiger charge is -2.48. The fourth-order valence-corrected chi connectivity index (χ4v) is 10.8. The topological polar surface area (TPSA) is 144 Å². The van der Waals surface area contributed by atoms with Crippen LogP contribution in [0.25, 0.3) is 23.2 Å². The Balaban J connectivity index is 0.000000185. The van der Waals surface area contributed by atoms with Gasteiger partial charge in [0.05, 0.1) is 22.8 Å². The molecule has 9 rings (SSSR count). The number of piperazine rings is 2. The molecule has 4 aliphatic rings. The van der Waals surface area contributed by atoms with Gasteiger partial charge in [-0.3, -0.25) is 14.7 Å². The fourth-order valence-electron chi connectivity index (χ4n) is 10.6. The van der Waals surface area contributed by atoms with Crippen LogP contribution in [0.5, 0.6) is 0 Å². The molecule has 3 saturated heterocycles. The van der Waals surface area contributed by atoms with Gasteiger partial charge in [-0.1, -0.05) is 67.0 Å². The molecule has 4 aromatic heterocycles. The summed E-state index contributed by atoms with van der Waals surface area (Å²) in [6, 6.07) is 20.1. The van der Waals surface area contributed by atoms with Crippen LogP contribution in [0.15, 0.2) is 57.4 Å². The van der Waals surface area contributed by atoms with Crippen LogP contribution in [0.3, 0.4) is 0 Å². The van der Waals surface area contributed by atoms with Gasteiger partial charge in [0.1, 0.15) is 11.4 Å². The molecule has 5 aromatic rings. The molecular formula is C50H72ClN13O2. The molecule has 0 bridgehead atoms. The third-order valence-corrected chi connectivity index (χ3v) is 14.4. The largest absolute Gasteiger partial charge is 0.402 e. The molecule has 66 heavy (non-hydrogen) atoms. The van der Waals surface area contributed by atoms with Crippen molar-refractivity contribution < 1.29 is 8.83 Å². The van der Waals surface area contributed by atoms with E-state index in [1.54, 1.807) is 0 Å². The molecule has 0 unspecified atom stereocenters. The number of aromatic nitrogens is 6. The Morgan fingerprint density at radius 2 is 1.06 bits per heavy atom. The maximum atomic E-state index is 6.05. The summed E-state index contributed by atoms with van der Waals surface area (Å²) in [7, 11) is 0. The van der Waals surface area contributed by atoms with Crippen molar-refractivity contribution in [3.05, 3.63) is 70.5 Å². The van der Waals surface area contributed by atoms with Crippen molar-refractivity contribution in [1.82, 2.24) is 45.1 Å². The highest BCUT2D eigenvalue weighted by Crippen LogP contribution is 2.32. The van der Waals surface area contributed by atoms with Crippen LogP contribution >= 0.6 is 11.6 Å². The minimum Gasteiger partial charge on any atom is -0.402 e. The van der Waals surface area contributed by atoms with Gasteiger partial charge in [0, 0.05) is 88.1 Å². The maximum absolute atomic E-state index is 6.05. The Morgan fingerprint density at radius 3 is 1.52 bits per heavy atom. The van der Waals surface area contributed by atoms with E-state index in [0.717, 1.165) is 107 Å². The highest BCUT2D eigenvalue weighted by molar-refractivity contribution is 6.30. The Morgan fingerprint density at radius 1 is 0.576 bits per heavy atom. The third kappa shape index (κ3) is 11.6. The van der Waals surface area contributed by atoms with Gasteiger partial charge in [0.25, 0.3) is 11.8 Å². The van der Waals surface area contributed by atoms with Crippen LogP contribution in [-0.2, 0) is 6.54 Å². The van der Waals surface area contributed by atoms with Gasteiger partial charge in [-0.2, -0.15) is 0 Å². The molecule has 356 valence electrons. The number of pyridine rings is 2. The lowest BCUT2D eigenvalue weighted by molar-refractivity contribution is 0.0612. The molecule has 15 nitrogen and oxygen atoms in total. The van der Waals surface area contributed by atoms with Gasteiger partial charge in [-0.25, -0.2) is 9.97 Å². The number of nitrogens with one attached hydrogen (secondary N) is 2. The number of nitrogens with zero attached hydrogens (tertiary/aromatic N) is 11.